The molecule has 0 saturated heterocycles. The Hall–Kier alpha value is -0.300. The maximum atomic E-state index is 8.55. The van der Waals surface area contributed by atoms with Crippen molar-refractivity contribution < 1.29 is 5.11 Å². The van der Waals surface area contributed by atoms with Gasteiger partial charge in [0.05, 0.1) is 6.61 Å². The molecule has 1 unspecified atom stereocenters. The van der Waals surface area contributed by atoms with Crippen LogP contribution in [0.2, 0.25) is 0 Å². The molecule has 1 N–H and O–H groups in total. The lowest BCUT2D eigenvalue weighted by atomic mass is 10.1. The van der Waals surface area contributed by atoms with Crippen LogP contribution < -0.4 is 0 Å². The molecule has 1 rings (SSSR count). The van der Waals surface area contributed by atoms with Crippen molar-refractivity contribution in [2.75, 3.05) is 6.61 Å². The highest BCUT2D eigenvalue weighted by Crippen LogP contribution is 2.44. The first-order valence-electron chi connectivity index (χ1n) is 5.64. The Balaban J connectivity index is 1.93. The van der Waals surface area contributed by atoms with Crippen molar-refractivity contribution in [3.63, 3.8) is 0 Å². The summed E-state index contributed by atoms with van der Waals surface area (Å²) in [6.07, 6.45) is 12.2. The topological polar surface area (TPSA) is 20.2 Å². The van der Waals surface area contributed by atoms with E-state index in [0.29, 0.717) is 0 Å². The lowest BCUT2D eigenvalue weighted by Crippen LogP contribution is -1.83. The number of aliphatic hydroxyl groups excluding tert-OH is 1. The summed E-state index contributed by atoms with van der Waals surface area (Å²) < 4.78 is 0. The molecule has 1 heteroatoms. The number of allylic oxidation sites excluding steroid dienone is 1. The van der Waals surface area contributed by atoms with Crippen LogP contribution in [0, 0.1) is 11.8 Å². The Kier molecular flexibility index (Phi) is 5.14. The molecule has 0 amide bonds. The summed E-state index contributed by atoms with van der Waals surface area (Å²) in [6, 6.07) is 0. The highest BCUT2D eigenvalue weighted by atomic mass is 16.2. The number of rotatable bonds is 7. The smallest absolute Gasteiger partial charge is 0.0612 e. The molecule has 0 aromatic carbocycles. The molecule has 0 spiro atoms. The molecule has 1 aliphatic carbocycles. The first kappa shape index (κ1) is 10.8. The number of hydrogen-bond donors (Lipinski definition) is 1. The van der Waals surface area contributed by atoms with Gasteiger partial charge < -0.3 is 5.11 Å². The largest absolute Gasteiger partial charge is 0.392 e. The van der Waals surface area contributed by atoms with Crippen molar-refractivity contribution in [2.24, 2.45) is 11.8 Å². The van der Waals surface area contributed by atoms with E-state index in [1.165, 1.54) is 38.5 Å². The van der Waals surface area contributed by atoms with E-state index in [0.717, 1.165) is 11.8 Å². The van der Waals surface area contributed by atoms with E-state index in [1.807, 2.05) is 6.08 Å². The predicted molar refractivity (Wildman–Crippen MR) is 56.6 cm³/mol. The van der Waals surface area contributed by atoms with Crippen molar-refractivity contribution in [3.05, 3.63) is 12.2 Å². The van der Waals surface area contributed by atoms with Gasteiger partial charge in [-0.2, -0.15) is 0 Å². The van der Waals surface area contributed by atoms with Crippen molar-refractivity contribution in [3.8, 4) is 0 Å². The molecule has 0 aliphatic heterocycles. The Morgan fingerprint density at radius 1 is 1.23 bits per heavy atom. The molecule has 76 valence electrons. The summed E-state index contributed by atoms with van der Waals surface area (Å²) in [4.78, 5) is 0. The van der Waals surface area contributed by atoms with Gasteiger partial charge in [0, 0.05) is 0 Å². The van der Waals surface area contributed by atoms with Crippen LogP contribution in [0.5, 0.6) is 0 Å². The normalized spacial score (nSPS) is 26.9. The van der Waals surface area contributed by atoms with Gasteiger partial charge in [-0.25, -0.2) is 0 Å². The summed E-state index contributed by atoms with van der Waals surface area (Å²) >= 11 is 0. The highest BCUT2D eigenvalue weighted by molar-refractivity contribution is 4.93. The summed E-state index contributed by atoms with van der Waals surface area (Å²) in [5.74, 6) is 1.95. The van der Waals surface area contributed by atoms with Gasteiger partial charge >= 0.3 is 0 Å². The zero-order chi connectivity index (χ0) is 9.52. The third-order valence-electron chi connectivity index (χ3n) is 2.96. The summed E-state index contributed by atoms with van der Waals surface area (Å²) in [7, 11) is 0. The standard InChI is InChI=1S/C12H22O/c1-2-3-4-7-11-10-12(11)8-5-6-9-13/h5-6,11-13H,2-4,7-10H2,1H3/b6-5-/t11?,12-/m0/s1. The molecule has 1 nitrogen and oxygen atoms in total. The number of hydrogen-bond acceptors (Lipinski definition) is 1. The van der Waals surface area contributed by atoms with E-state index in [2.05, 4.69) is 13.0 Å². The molecular weight excluding hydrogens is 160 g/mol. The van der Waals surface area contributed by atoms with Gasteiger partial charge in [0.1, 0.15) is 0 Å². The van der Waals surface area contributed by atoms with Gasteiger partial charge in [0.2, 0.25) is 0 Å². The zero-order valence-electron chi connectivity index (χ0n) is 8.71. The lowest BCUT2D eigenvalue weighted by Gasteiger charge is -1.96. The van der Waals surface area contributed by atoms with Crippen molar-refractivity contribution in [1.82, 2.24) is 0 Å². The second kappa shape index (κ2) is 6.20. The lowest BCUT2D eigenvalue weighted by molar-refractivity contribution is 0.342. The van der Waals surface area contributed by atoms with Gasteiger partial charge in [0.25, 0.3) is 0 Å². The second-order valence-corrected chi connectivity index (χ2v) is 4.14. The minimum atomic E-state index is 0.202. The van der Waals surface area contributed by atoms with Gasteiger partial charge in [-0.15, -0.1) is 0 Å². The molecule has 2 atom stereocenters. The van der Waals surface area contributed by atoms with Crippen molar-refractivity contribution in [1.29, 1.82) is 0 Å². The average Bonchev–Trinajstić information content (AvgIpc) is 2.85. The van der Waals surface area contributed by atoms with Crippen LogP contribution in [-0.2, 0) is 0 Å². The fraction of sp³-hybridized carbons (Fsp3) is 0.833. The van der Waals surface area contributed by atoms with E-state index in [1.54, 1.807) is 0 Å². The molecular formula is C12H22O. The Morgan fingerprint density at radius 3 is 2.77 bits per heavy atom. The van der Waals surface area contributed by atoms with Crippen molar-refractivity contribution in [2.45, 2.75) is 45.4 Å². The average molecular weight is 182 g/mol. The summed E-state index contributed by atoms with van der Waals surface area (Å²) in [5, 5.41) is 8.55. The molecule has 0 heterocycles. The maximum Gasteiger partial charge on any atom is 0.0612 e. The van der Waals surface area contributed by atoms with E-state index in [9.17, 15) is 0 Å². The molecule has 0 aromatic heterocycles. The fourth-order valence-corrected chi connectivity index (χ4v) is 1.95. The van der Waals surface area contributed by atoms with E-state index in [-0.39, 0.29) is 6.61 Å². The fourth-order valence-electron chi connectivity index (χ4n) is 1.95. The quantitative estimate of drug-likeness (QED) is 0.473. The number of aliphatic hydroxyl groups is 1. The van der Waals surface area contributed by atoms with E-state index < -0.39 is 0 Å². The van der Waals surface area contributed by atoms with Gasteiger partial charge in [-0.1, -0.05) is 44.8 Å². The van der Waals surface area contributed by atoms with Crippen LogP contribution in [0.1, 0.15) is 45.4 Å². The van der Waals surface area contributed by atoms with Crippen LogP contribution in [-0.4, -0.2) is 11.7 Å². The first-order valence-corrected chi connectivity index (χ1v) is 5.64. The summed E-state index contributed by atoms with van der Waals surface area (Å²) in [5.41, 5.74) is 0. The minimum absolute atomic E-state index is 0.202. The monoisotopic (exact) mass is 182 g/mol. The SMILES string of the molecule is CCCCCC1C[C@@H]1C/C=C\CO. The molecule has 1 aliphatic rings. The van der Waals surface area contributed by atoms with Crippen LogP contribution in [0.4, 0.5) is 0 Å². The van der Waals surface area contributed by atoms with Crippen LogP contribution in [0.3, 0.4) is 0 Å². The Bertz CT molecular complexity index is 151. The van der Waals surface area contributed by atoms with Crippen LogP contribution in [0.25, 0.3) is 0 Å². The van der Waals surface area contributed by atoms with Crippen molar-refractivity contribution >= 4 is 0 Å². The Morgan fingerprint density at radius 2 is 2.08 bits per heavy atom. The van der Waals surface area contributed by atoms with Gasteiger partial charge in [0.15, 0.2) is 0 Å². The number of unbranched alkanes of at least 4 members (excludes halogenated alkanes) is 2. The molecule has 13 heavy (non-hydrogen) atoms. The predicted octanol–water partition coefficient (Wildman–Crippen LogP) is 3.14. The molecule has 0 radical (unpaired) electrons. The third kappa shape index (κ3) is 4.47. The second-order valence-electron chi connectivity index (χ2n) is 4.14. The molecule has 0 aromatic rings. The van der Waals surface area contributed by atoms with Gasteiger partial charge in [-0.3, -0.25) is 0 Å². The van der Waals surface area contributed by atoms with Gasteiger partial charge in [-0.05, 0) is 24.7 Å². The summed E-state index contributed by atoms with van der Waals surface area (Å²) in [6.45, 7) is 2.46. The first-order chi connectivity index (χ1) is 6.38. The molecule has 1 saturated carbocycles. The van der Waals surface area contributed by atoms with Crippen LogP contribution >= 0.6 is 0 Å². The minimum Gasteiger partial charge on any atom is -0.392 e. The molecule has 1 fully saturated rings. The maximum absolute atomic E-state index is 8.55. The zero-order valence-corrected chi connectivity index (χ0v) is 8.71. The van der Waals surface area contributed by atoms with Crippen LogP contribution in [0.15, 0.2) is 12.2 Å². The third-order valence-corrected chi connectivity index (χ3v) is 2.96. The molecule has 0 bridgehead atoms. The van der Waals surface area contributed by atoms with E-state index >= 15 is 0 Å². The highest BCUT2D eigenvalue weighted by Gasteiger charge is 2.34. The Labute approximate surface area is 81.9 Å². The van der Waals surface area contributed by atoms with E-state index in [4.69, 9.17) is 5.11 Å².